The zero-order valence-electron chi connectivity index (χ0n) is 20.6. The van der Waals surface area contributed by atoms with Gasteiger partial charge in [-0.05, 0) is 55.2 Å². The average Bonchev–Trinajstić information content (AvgIpc) is 3.53. The Kier molecular flexibility index (Phi) is 6.46. The van der Waals surface area contributed by atoms with Crippen molar-refractivity contribution in [1.82, 2.24) is 19.5 Å². The lowest BCUT2D eigenvalue weighted by Gasteiger charge is -2.43. The predicted octanol–water partition coefficient (Wildman–Crippen LogP) is 4.98. The number of rotatable bonds is 5. The third-order valence-corrected chi connectivity index (χ3v) is 9.64. The number of anilines is 1. The Hall–Kier alpha value is -2.88. The van der Waals surface area contributed by atoms with Crippen molar-refractivity contribution in [3.63, 3.8) is 0 Å². The molecule has 3 aromatic heterocycles. The van der Waals surface area contributed by atoms with Crippen molar-refractivity contribution in [3.05, 3.63) is 70.4 Å². The molecule has 4 aromatic rings. The second kappa shape index (κ2) is 9.78. The van der Waals surface area contributed by atoms with E-state index in [9.17, 15) is 4.79 Å². The number of benzene rings is 1. The normalized spacial score (nSPS) is 21.2. The lowest BCUT2D eigenvalue weighted by atomic mass is 9.73. The fourth-order valence-corrected chi connectivity index (χ4v) is 6.94. The second-order valence-corrected chi connectivity index (χ2v) is 11.7. The van der Waals surface area contributed by atoms with Crippen LogP contribution >= 0.6 is 23.4 Å². The molecule has 1 saturated carbocycles. The van der Waals surface area contributed by atoms with Crippen LogP contribution in [-0.4, -0.2) is 38.7 Å². The Morgan fingerprint density at radius 1 is 1.16 bits per heavy atom. The lowest BCUT2D eigenvalue weighted by molar-refractivity contribution is 0.186. The molecule has 8 nitrogen and oxygen atoms in total. The Morgan fingerprint density at radius 2 is 2.00 bits per heavy atom. The third-order valence-electron chi connectivity index (χ3n) is 8.16. The molecule has 0 radical (unpaired) electrons. The van der Waals surface area contributed by atoms with E-state index >= 15 is 0 Å². The van der Waals surface area contributed by atoms with E-state index in [1.807, 2.05) is 24.4 Å². The molecule has 1 spiro atoms. The molecule has 2 aliphatic rings. The number of furan rings is 1. The number of nitrogens with two attached hydrogens (primary N) is 1. The van der Waals surface area contributed by atoms with E-state index in [0.717, 1.165) is 42.2 Å². The molecular weight excluding hydrogens is 508 g/mol. The van der Waals surface area contributed by atoms with Crippen LogP contribution < -0.4 is 16.2 Å². The number of fused-ring (bicyclic) bond motifs is 1. The van der Waals surface area contributed by atoms with Crippen LogP contribution in [0.1, 0.15) is 38.2 Å². The Balaban J connectivity index is 1.18. The van der Waals surface area contributed by atoms with Gasteiger partial charge in [-0.3, -0.25) is 9.36 Å². The molecule has 2 N–H and O–H groups in total. The van der Waals surface area contributed by atoms with E-state index in [0.29, 0.717) is 39.5 Å². The highest BCUT2D eigenvalue weighted by atomic mass is 35.5. The quantitative estimate of drug-likeness (QED) is 0.381. The van der Waals surface area contributed by atoms with Gasteiger partial charge in [-0.2, -0.15) is 0 Å². The van der Waals surface area contributed by atoms with Gasteiger partial charge in [0.1, 0.15) is 10.8 Å². The third kappa shape index (κ3) is 4.53. The van der Waals surface area contributed by atoms with E-state index in [1.165, 1.54) is 35.5 Å². The minimum absolute atomic E-state index is 0.195. The summed E-state index contributed by atoms with van der Waals surface area (Å²) in [5, 5.41) is 1.48. The van der Waals surface area contributed by atoms with Gasteiger partial charge in [0.05, 0.1) is 53.7 Å². The molecule has 1 aliphatic carbocycles. The van der Waals surface area contributed by atoms with Crippen LogP contribution in [0.5, 0.6) is 0 Å². The molecule has 37 heavy (non-hydrogen) atoms. The zero-order valence-corrected chi connectivity index (χ0v) is 22.2. The van der Waals surface area contributed by atoms with Gasteiger partial charge < -0.3 is 15.1 Å². The van der Waals surface area contributed by atoms with Gasteiger partial charge in [0.15, 0.2) is 0 Å². The topological polar surface area (TPSA) is 103 Å². The molecule has 2 atom stereocenters. The number of aromatic nitrogens is 4. The summed E-state index contributed by atoms with van der Waals surface area (Å²) in [4.78, 5) is 30.0. The highest BCUT2D eigenvalue weighted by Gasteiger charge is 2.46. The highest BCUT2D eigenvalue weighted by Crippen LogP contribution is 2.48. The molecule has 2 fully saturated rings. The smallest absolute Gasteiger partial charge is 0.263 e. The standard InChI is InChI=1S/C27H29ClN6O2S/c1-17-4-6-27(25(17)29)7-9-33(10-8-27)21-12-31-22(13-30-21)37-20-3-2-19-23(24(20)28)26(35)34(16-32-19)14-18-5-11-36-15-18/h2-3,5,11-13,15-17,25H,4,6-10,14,29H2,1H3/t17-,25-/m1/s1. The molecular formula is C27H29ClN6O2S. The molecule has 4 heterocycles. The predicted molar refractivity (Wildman–Crippen MR) is 145 cm³/mol. The summed E-state index contributed by atoms with van der Waals surface area (Å²) in [5.41, 5.74) is 8.10. The summed E-state index contributed by atoms with van der Waals surface area (Å²) in [6.07, 6.45) is 13.0. The van der Waals surface area contributed by atoms with E-state index in [-0.39, 0.29) is 11.0 Å². The summed E-state index contributed by atoms with van der Waals surface area (Å²) in [6.45, 7) is 4.55. The van der Waals surface area contributed by atoms with Gasteiger partial charge in [0.25, 0.3) is 5.56 Å². The number of nitrogens with zero attached hydrogens (tertiary/aromatic N) is 5. The first-order chi connectivity index (χ1) is 17.9. The van der Waals surface area contributed by atoms with E-state index in [1.54, 1.807) is 18.7 Å². The van der Waals surface area contributed by atoms with Crippen LogP contribution in [-0.2, 0) is 6.54 Å². The van der Waals surface area contributed by atoms with Crippen molar-refractivity contribution in [1.29, 1.82) is 0 Å². The van der Waals surface area contributed by atoms with Crippen molar-refractivity contribution < 1.29 is 4.42 Å². The summed E-state index contributed by atoms with van der Waals surface area (Å²) < 4.78 is 6.65. The van der Waals surface area contributed by atoms with Crippen LogP contribution in [0.2, 0.25) is 5.02 Å². The fourth-order valence-electron chi connectivity index (χ4n) is 5.82. The molecule has 1 aromatic carbocycles. The first-order valence-electron chi connectivity index (χ1n) is 12.6. The first kappa shape index (κ1) is 24.5. The van der Waals surface area contributed by atoms with Crippen molar-refractivity contribution in [3.8, 4) is 0 Å². The fraction of sp³-hybridized carbons (Fsp3) is 0.407. The molecule has 1 saturated heterocycles. The number of hydrogen-bond donors (Lipinski definition) is 1. The summed E-state index contributed by atoms with van der Waals surface area (Å²) in [6, 6.07) is 5.80. The maximum atomic E-state index is 13.2. The Bertz CT molecular complexity index is 1470. The maximum Gasteiger partial charge on any atom is 0.263 e. The lowest BCUT2D eigenvalue weighted by Crippen LogP contribution is -2.48. The molecule has 0 unspecified atom stereocenters. The Labute approximate surface area is 224 Å². The first-order valence-corrected chi connectivity index (χ1v) is 13.8. The summed E-state index contributed by atoms with van der Waals surface area (Å²) in [5.74, 6) is 1.49. The summed E-state index contributed by atoms with van der Waals surface area (Å²) >= 11 is 8.11. The number of piperidine rings is 1. The van der Waals surface area contributed by atoms with Crippen LogP contribution in [0.3, 0.4) is 0 Å². The highest BCUT2D eigenvalue weighted by molar-refractivity contribution is 7.99. The van der Waals surface area contributed by atoms with Gasteiger partial charge in [-0.15, -0.1) is 0 Å². The van der Waals surface area contributed by atoms with Crippen molar-refractivity contribution in [2.45, 2.75) is 55.1 Å². The molecule has 0 bridgehead atoms. The van der Waals surface area contributed by atoms with Crippen molar-refractivity contribution in [2.24, 2.45) is 17.1 Å². The van der Waals surface area contributed by atoms with E-state index in [4.69, 9.17) is 26.7 Å². The van der Waals surface area contributed by atoms with Crippen molar-refractivity contribution >= 4 is 40.1 Å². The van der Waals surface area contributed by atoms with Gasteiger partial charge in [0.2, 0.25) is 0 Å². The average molecular weight is 537 g/mol. The molecule has 1 aliphatic heterocycles. The van der Waals surface area contributed by atoms with Gasteiger partial charge in [-0.25, -0.2) is 15.0 Å². The van der Waals surface area contributed by atoms with Crippen LogP contribution in [0.15, 0.2) is 68.6 Å². The van der Waals surface area contributed by atoms with E-state index in [2.05, 4.69) is 21.8 Å². The zero-order chi connectivity index (χ0) is 25.6. The van der Waals surface area contributed by atoms with Crippen LogP contribution in [0, 0.1) is 11.3 Å². The monoisotopic (exact) mass is 536 g/mol. The van der Waals surface area contributed by atoms with Gasteiger partial charge in [0, 0.05) is 29.6 Å². The minimum Gasteiger partial charge on any atom is -0.472 e. The van der Waals surface area contributed by atoms with Gasteiger partial charge in [-0.1, -0.05) is 30.3 Å². The number of hydrogen-bond acceptors (Lipinski definition) is 8. The van der Waals surface area contributed by atoms with Crippen LogP contribution in [0.4, 0.5) is 5.82 Å². The second-order valence-electron chi connectivity index (χ2n) is 10.3. The number of halogens is 1. The molecule has 6 rings (SSSR count). The molecule has 192 valence electrons. The Morgan fingerprint density at radius 3 is 2.68 bits per heavy atom. The maximum absolute atomic E-state index is 13.2. The van der Waals surface area contributed by atoms with Gasteiger partial charge >= 0.3 is 0 Å². The van der Waals surface area contributed by atoms with E-state index < -0.39 is 0 Å². The summed E-state index contributed by atoms with van der Waals surface area (Å²) in [7, 11) is 0. The van der Waals surface area contributed by atoms with Crippen molar-refractivity contribution in [2.75, 3.05) is 18.0 Å². The van der Waals surface area contributed by atoms with Crippen LogP contribution in [0.25, 0.3) is 10.9 Å². The minimum atomic E-state index is -0.195. The largest absolute Gasteiger partial charge is 0.472 e. The molecule has 0 amide bonds. The molecule has 10 heteroatoms. The SMILES string of the molecule is C[C@@H]1CCC2(CCN(c3cnc(Sc4ccc5ncn(Cc6ccoc6)c(=O)c5c4Cl)cn3)CC2)[C@@H]1N.